The van der Waals surface area contributed by atoms with E-state index in [1.54, 1.807) is 19.1 Å². The quantitative estimate of drug-likeness (QED) is 0.235. The first-order valence-corrected chi connectivity index (χ1v) is 14.4. The van der Waals surface area contributed by atoms with E-state index >= 15 is 0 Å². The molecule has 1 amide bonds. The summed E-state index contributed by atoms with van der Waals surface area (Å²) in [4.78, 5) is 41.7. The first kappa shape index (κ1) is 28.6. The van der Waals surface area contributed by atoms with E-state index in [9.17, 15) is 24.8 Å². The van der Waals surface area contributed by atoms with E-state index in [-0.39, 0.29) is 44.5 Å². The third-order valence-electron chi connectivity index (χ3n) is 8.33. The first-order valence-electron chi connectivity index (χ1n) is 14.1. The second-order valence-corrected chi connectivity index (χ2v) is 11.5. The van der Waals surface area contributed by atoms with Gasteiger partial charge in [-0.25, -0.2) is 4.79 Å². The zero-order valence-corrected chi connectivity index (χ0v) is 24.2. The van der Waals surface area contributed by atoms with Crippen LogP contribution in [0, 0.1) is 10.1 Å². The Labute approximate surface area is 244 Å². The summed E-state index contributed by atoms with van der Waals surface area (Å²) in [6.07, 6.45) is 7.90. The predicted molar refractivity (Wildman–Crippen MR) is 161 cm³/mol. The Kier molecular flexibility index (Phi) is 8.04. The SMILES string of the molecule is CC1=NN(c2ccc(Cl)c(C(=O)O)c2)C(=O)/C1=C/c1cc([N+](=O)[O-])c(N2CCCC[C@H]2C)cc1N1CCCC[C@H]1C. The van der Waals surface area contributed by atoms with Crippen LogP contribution in [0.5, 0.6) is 0 Å². The van der Waals surface area contributed by atoms with Crippen molar-refractivity contribution >= 4 is 58.0 Å². The van der Waals surface area contributed by atoms with E-state index < -0.39 is 11.9 Å². The van der Waals surface area contributed by atoms with Crippen molar-refractivity contribution in [2.75, 3.05) is 27.9 Å². The third-order valence-corrected chi connectivity index (χ3v) is 8.66. The molecule has 5 rings (SSSR count). The Morgan fingerprint density at radius 3 is 2.27 bits per heavy atom. The normalized spacial score (nSPS) is 22.3. The number of anilines is 3. The number of benzene rings is 2. The largest absolute Gasteiger partial charge is 0.478 e. The highest BCUT2D eigenvalue weighted by Gasteiger charge is 2.33. The second kappa shape index (κ2) is 11.5. The molecule has 11 heteroatoms. The molecule has 0 spiro atoms. The number of halogens is 1. The lowest BCUT2D eigenvalue weighted by atomic mass is 9.97. The molecule has 0 bridgehead atoms. The fourth-order valence-corrected chi connectivity index (χ4v) is 6.26. The number of carbonyl (C=O) groups excluding carboxylic acids is 1. The lowest BCUT2D eigenvalue weighted by Crippen LogP contribution is -2.39. The molecule has 2 fully saturated rings. The Morgan fingerprint density at radius 1 is 1.05 bits per heavy atom. The number of amides is 1. The van der Waals surface area contributed by atoms with Gasteiger partial charge in [-0.2, -0.15) is 10.1 Å². The van der Waals surface area contributed by atoms with E-state index in [0.717, 1.165) is 62.3 Å². The number of hydrazone groups is 1. The monoisotopic (exact) mass is 579 g/mol. The lowest BCUT2D eigenvalue weighted by molar-refractivity contribution is -0.384. The van der Waals surface area contributed by atoms with Crippen LogP contribution in [-0.2, 0) is 4.79 Å². The van der Waals surface area contributed by atoms with Crippen LogP contribution in [0.25, 0.3) is 6.08 Å². The maximum Gasteiger partial charge on any atom is 0.337 e. The molecule has 10 nitrogen and oxygen atoms in total. The number of nitro groups is 1. The van der Waals surface area contributed by atoms with E-state index in [2.05, 4.69) is 28.7 Å². The molecule has 0 aromatic heterocycles. The Morgan fingerprint density at radius 2 is 1.68 bits per heavy atom. The summed E-state index contributed by atoms with van der Waals surface area (Å²) in [6, 6.07) is 8.22. The minimum absolute atomic E-state index is 0.0136. The molecule has 1 N–H and O–H groups in total. The average molecular weight is 580 g/mol. The predicted octanol–water partition coefficient (Wildman–Crippen LogP) is 6.51. The fourth-order valence-electron chi connectivity index (χ4n) is 6.06. The maximum atomic E-state index is 13.6. The van der Waals surface area contributed by atoms with Crippen molar-refractivity contribution in [2.45, 2.75) is 71.4 Å². The van der Waals surface area contributed by atoms with Crippen LogP contribution in [0.3, 0.4) is 0 Å². The van der Waals surface area contributed by atoms with Crippen LogP contribution in [0.2, 0.25) is 5.02 Å². The van der Waals surface area contributed by atoms with Crippen molar-refractivity contribution < 1.29 is 19.6 Å². The number of piperidine rings is 2. The molecular formula is C30H34ClN5O5. The molecule has 2 atom stereocenters. The standard InChI is InChI=1S/C30H34ClN5O5/c1-18-8-4-6-12-33(18)26-17-27(34-13-7-5-9-19(34)2)28(36(40)41)15-21(26)14-23-20(3)32-35(29(23)37)22-10-11-25(31)24(16-22)30(38)39/h10-11,14-19H,4-9,12-13H2,1-3H3,(H,38,39)/b23-14+/t18-,19-/m1/s1. The molecule has 3 aliphatic heterocycles. The molecule has 2 saturated heterocycles. The third kappa shape index (κ3) is 5.53. The van der Waals surface area contributed by atoms with E-state index in [1.165, 1.54) is 18.2 Å². The summed E-state index contributed by atoms with van der Waals surface area (Å²) >= 11 is 6.03. The lowest BCUT2D eigenvalue weighted by Gasteiger charge is -2.39. The van der Waals surface area contributed by atoms with Gasteiger partial charge in [-0.1, -0.05) is 11.6 Å². The summed E-state index contributed by atoms with van der Waals surface area (Å²) in [6.45, 7) is 7.55. The van der Waals surface area contributed by atoms with E-state index in [1.807, 2.05) is 6.07 Å². The number of rotatable bonds is 6. The highest BCUT2D eigenvalue weighted by atomic mass is 35.5. The van der Waals surface area contributed by atoms with Gasteiger partial charge >= 0.3 is 5.97 Å². The maximum absolute atomic E-state index is 13.6. The Hall–Kier alpha value is -3.92. The zero-order valence-electron chi connectivity index (χ0n) is 23.5. The van der Waals surface area contributed by atoms with Crippen LogP contribution in [0.4, 0.5) is 22.7 Å². The molecule has 0 radical (unpaired) electrons. The topological polar surface area (TPSA) is 120 Å². The van der Waals surface area contributed by atoms with Gasteiger partial charge in [0.25, 0.3) is 11.6 Å². The van der Waals surface area contributed by atoms with Gasteiger partial charge in [0.2, 0.25) is 0 Å². The van der Waals surface area contributed by atoms with Gasteiger partial charge in [0.1, 0.15) is 5.69 Å². The van der Waals surface area contributed by atoms with Gasteiger partial charge in [-0.3, -0.25) is 14.9 Å². The fraction of sp³-hybridized carbons (Fsp3) is 0.433. The molecule has 3 heterocycles. The number of hydrogen-bond acceptors (Lipinski definition) is 7. The molecule has 3 aliphatic rings. The van der Waals surface area contributed by atoms with E-state index in [4.69, 9.17) is 11.6 Å². The molecule has 0 saturated carbocycles. The molecule has 2 aromatic carbocycles. The number of hydrogen-bond donors (Lipinski definition) is 1. The summed E-state index contributed by atoms with van der Waals surface area (Å²) in [5.74, 6) is -1.66. The molecule has 2 aromatic rings. The summed E-state index contributed by atoms with van der Waals surface area (Å²) in [5.41, 5.74) is 2.92. The minimum atomic E-state index is -1.21. The van der Waals surface area contributed by atoms with Gasteiger partial charge in [-0.05, 0) is 89.6 Å². The van der Waals surface area contributed by atoms with Crippen LogP contribution in [0.15, 0.2) is 41.0 Å². The van der Waals surface area contributed by atoms with Crippen LogP contribution >= 0.6 is 11.6 Å². The van der Waals surface area contributed by atoms with Gasteiger partial charge in [0, 0.05) is 42.5 Å². The number of carboxylic acid groups (broad SMARTS) is 1. The number of nitrogens with zero attached hydrogens (tertiary/aromatic N) is 5. The van der Waals surface area contributed by atoms with Crippen molar-refractivity contribution in [3.63, 3.8) is 0 Å². The minimum Gasteiger partial charge on any atom is -0.478 e. The number of aromatic carboxylic acids is 1. The number of carbonyl (C=O) groups is 2. The van der Waals surface area contributed by atoms with Crippen molar-refractivity contribution in [1.29, 1.82) is 0 Å². The van der Waals surface area contributed by atoms with Crippen molar-refractivity contribution in [2.24, 2.45) is 5.10 Å². The summed E-state index contributed by atoms with van der Waals surface area (Å²) in [7, 11) is 0. The molecule has 0 unspecified atom stereocenters. The molecule has 216 valence electrons. The molecular weight excluding hydrogens is 546 g/mol. The van der Waals surface area contributed by atoms with Crippen molar-refractivity contribution in [3.8, 4) is 0 Å². The van der Waals surface area contributed by atoms with Gasteiger partial charge in [-0.15, -0.1) is 0 Å². The highest BCUT2D eigenvalue weighted by Crippen LogP contribution is 2.41. The van der Waals surface area contributed by atoms with Crippen molar-refractivity contribution in [1.82, 2.24) is 0 Å². The summed E-state index contributed by atoms with van der Waals surface area (Å²) < 4.78 is 0. The Bertz CT molecular complexity index is 1470. The molecule has 41 heavy (non-hydrogen) atoms. The molecule has 0 aliphatic carbocycles. The van der Waals surface area contributed by atoms with Crippen LogP contribution < -0.4 is 14.8 Å². The number of carboxylic acids is 1. The first-order chi connectivity index (χ1) is 19.6. The van der Waals surface area contributed by atoms with E-state index in [0.29, 0.717) is 17.0 Å². The summed E-state index contributed by atoms with van der Waals surface area (Å²) in [5, 5.41) is 27.5. The number of nitro benzene ring substituents is 1. The van der Waals surface area contributed by atoms with Gasteiger partial charge < -0.3 is 14.9 Å². The smallest absolute Gasteiger partial charge is 0.337 e. The van der Waals surface area contributed by atoms with Crippen LogP contribution in [0.1, 0.15) is 75.2 Å². The average Bonchev–Trinajstić information content (AvgIpc) is 3.22. The van der Waals surface area contributed by atoms with Gasteiger partial charge in [0.15, 0.2) is 0 Å². The van der Waals surface area contributed by atoms with Gasteiger partial charge in [0.05, 0.1) is 32.5 Å². The zero-order chi connectivity index (χ0) is 29.4. The highest BCUT2D eigenvalue weighted by molar-refractivity contribution is 6.34. The second-order valence-electron chi connectivity index (χ2n) is 11.1. The van der Waals surface area contributed by atoms with Crippen LogP contribution in [-0.4, -0.2) is 52.8 Å². The van der Waals surface area contributed by atoms with Crippen molar-refractivity contribution in [3.05, 3.63) is 62.2 Å². The Balaban J connectivity index is 1.62.